The number of aliphatic hydroxyl groups excluding tert-OH is 1. The van der Waals surface area contributed by atoms with Gasteiger partial charge in [-0.05, 0) is 11.6 Å². The van der Waals surface area contributed by atoms with Crippen molar-refractivity contribution in [3.63, 3.8) is 0 Å². The zero-order valence-electron chi connectivity index (χ0n) is 7.11. The summed E-state index contributed by atoms with van der Waals surface area (Å²) in [5, 5.41) is 9.80. The number of benzene rings is 1. The number of rotatable bonds is 3. The molecule has 2 rings (SSSR count). The van der Waals surface area contributed by atoms with E-state index >= 15 is 0 Å². The summed E-state index contributed by atoms with van der Waals surface area (Å²) in [6, 6.07) is 7.73. The highest BCUT2D eigenvalue weighted by Crippen LogP contribution is 2.29. The summed E-state index contributed by atoms with van der Waals surface area (Å²) < 4.78 is 6.03. The van der Waals surface area contributed by atoms with E-state index < -0.39 is 6.10 Å². The summed E-state index contributed by atoms with van der Waals surface area (Å²) in [5.41, 5.74) is 0.943. The van der Waals surface area contributed by atoms with E-state index in [2.05, 4.69) is 15.9 Å². The minimum Gasteiger partial charge on any atom is -0.388 e. The average molecular weight is 243 g/mol. The number of epoxide rings is 1. The van der Waals surface area contributed by atoms with Gasteiger partial charge in [-0.2, -0.15) is 0 Å². The van der Waals surface area contributed by atoms with Crippen LogP contribution in [-0.4, -0.2) is 17.8 Å². The molecule has 3 heteroatoms. The molecule has 1 heterocycles. The van der Waals surface area contributed by atoms with Gasteiger partial charge in [0.2, 0.25) is 0 Å². The predicted molar refractivity (Wildman–Crippen MR) is 53.5 cm³/mol. The van der Waals surface area contributed by atoms with E-state index in [1.54, 1.807) is 0 Å². The molecule has 1 aromatic carbocycles. The van der Waals surface area contributed by atoms with Gasteiger partial charge in [0, 0.05) is 10.9 Å². The molecule has 2 nitrogen and oxygen atoms in total. The lowest BCUT2D eigenvalue weighted by atomic mass is 10.1. The Morgan fingerprint density at radius 2 is 2.23 bits per heavy atom. The van der Waals surface area contributed by atoms with E-state index in [9.17, 15) is 5.11 Å². The van der Waals surface area contributed by atoms with Crippen molar-refractivity contribution in [2.24, 2.45) is 0 Å². The number of hydrogen-bond donors (Lipinski definition) is 1. The molecule has 1 aliphatic rings. The molecule has 13 heavy (non-hydrogen) atoms. The highest BCUT2D eigenvalue weighted by molar-refractivity contribution is 9.10. The second-order valence-electron chi connectivity index (χ2n) is 3.23. The van der Waals surface area contributed by atoms with Crippen LogP contribution in [0.4, 0.5) is 0 Å². The molecule has 1 aliphatic heterocycles. The minimum absolute atomic E-state index is 0.266. The van der Waals surface area contributed by atoms with Crippen LogP contribution in [0.25, 0.3) is 0 Å². The van der Waals surface area contributed by atoms with Crippen molar-refractivity contribution in [2.75, 3.05) is 6.61 Å². The van der Waals surface area contributed by atoms with Gasteiger partial charge in [0.25, 0.3) is 0 Å². The molecule has 0 bridgehead atoms. The summed E-state index contributed by atoms with van der Waals surface area (Å²) in [6.07, 6.45) is 0.549. The summed E-state index contributed by atoms with van der Waals surface area (Å²) >= 11 is 3.41. The van der Waals surface area contributed by atoms with Crippen LogP contribution < -0.4 is 0 Å². The molecule has 2 unspecified atom stereocenters. The molecule has 1 aromatic rings. The van der Waals surface area contributed by atoms with Crippen LogP contribution in [0.5, 0.6) is 0 Å². The van der Waals surface area contributed by atoms with E-state index in [-0.39, 0.29) is 6.10 Å². The van der Waals surface area contributed by atoms with Gasteiger partial charge < -0.3 is 9.84 Å². The number of halogens is 1. The maximum Gasteiger partial charge on any atom is 0.0837 e. The van der Waals surface area contributed by atoms with Crippen LogP contribution >= 0.6 is 15.9 Å². The van der Waals surface area contributed by atoms with Crippen molar-refractivity contribution in [1.82, 2.24) is 0 Å². The third-order valence-corrected chi connectivity index (χ3v) is 2.87. The first-order chi connectivity index (χ1) is 6.27. The van der Waals surface area contributed by atoms with Crippen LogP contribution in [0, 0.1) is 0 Å². The average Bonchev–Trinajstić information content (AvgIpc) is 2.89. The molecule has 0 saturated carbocycles. The molecule has 0 aromatic heterocycles. The summed E-state index contributed by atoms with van der Waals surface area (Å²) in [5.74, 6) is 0. The Kier molecular flexibility index (Phi) is 2.67. The quantitative estimate of drug-likeness (QED) is 0.826. The van der Waals surface area contributed by atoms with Gasteiger partial charge >= 0.3 is 0 Å². The normalized spacial score (nSPS) is 22.8. The molecular formula is C10H11BrO2. The summed E-state index contributed by atoms with van der Waals surface area (Å²) in [4.78, 5) is 0. The molecule has 1 saturated heterocycles. The van der Waals surface area contributed by atoms with E-state index in [1.165, 1.54) is 0 Å². The Hall–Kier alpha value is -0.380. The Morgan fingerprint density at radius 1 is 1.54 bits per heavy atom. The maximum absolute atomic E-state index is 9.80. The van der Waals surface area contributed by atoms with E-state index in [0.29, 0.717) is 6.42 Å². The van der Waals surface area contributed by atoms with Gasteiger partial charge in [-0.1, -0.05) is 34.1 Å². The second-order valence-corrected chi connectivity index (χ2v) is 4.08. The SMILES string of the molecule is OC(CC1CO1)c1ccccc1Br. The highest BCUT2D eigenvalue weighted by atomic mass is 79.9. The molecule has 70 valence electrons. The molecule has 1 fully saturated rings. The fourth-order valence-corrected chi connectivity index (χ4v) is 1.87. The number of ether oxygens (including phenoxy) is 1. The van der Waals surface area contributed by atoms with Gasteiger partial charge in [-0.3, -0.25) is 0 Å². The number of aliphatic hydroxyl groups is 1. The van der Waals surface area contributed by atoms with Crippen LogP contribution in [0.1, 0.15) is 18.1 Å². The first-order valence-corrected chi connectivity index (χ1v) is 5.11. The fraction of sp³-hybridized carbons (Fsp3) is 0.400. The lowest BCUT2D eigenvalue weighted by Crippen LogP contribution is -2.01. The zero-order chi connectivity index (χ0) is 9.26. The molecular weight excluding hydrogens is 232 g/mol. The van der Waals surface area contributed by atoms with Crippen molar-refractivity contribution in [1.29, 1.82) is 0 Å². The van der Waals surface area contributed by atoms with Crippen molar-refractivity contribution in [2.45, 2.75) is 18.6 Å². The Bertz CT molecular complexity index is 297. The van der Waals surface area contributed by atoms with Crippen molar-refractivity contribution in [3.05, 3.63) is 34.3 Å². The van der Waals surface area contributed by atoms with E-state index in [0.717, 1.165) is 16.6 Å². The molecule has 0 aliphatic carbocycles. The van der Waals surface area contributed by atoms with Crippen LogP contribution in [0.15, 0.2) is 28.7 Å². The fourth-order valence-electron chi connectivity index (χ4n) is 1.33. The van der Waals surface area contributed by atoms with Crippen molar-refractivity contribution in [3.8, 4) is 0 Å². The van der Waals surface area contributed by atoms with Gasteiger partial charge in [-0.25, -0.2) is 0 Å². The third-order valence-electron chi connectivity index (χ3n) is 2.15. The third kappa shape index (κ3) is 2.30. The second kappa shape index (κ2) is 3.78. The number of hydrogen-bond acceptors (Lipinski definition) is 2. The van der Waals surface area contributed by atoms with Crippen LogP contribution in [0.3, 0.4) is 0 Å². The van der Waals surface area contributed by atoms with Crippen LogP contribution in [-0.2, 0) is 4.74 Å². The van der Waals surface area contributed by atoms with Gasteiger partial charge in [0.05, 0.1) is 18.8 Å². The Balaban J connectivity index is 2.09. The first kappa shape index (κ1) is 9.19. The molecule has 0 amide bonds. The molecule has 0 spiro atoms. The Labute approximate surface area is 85.7 Å². The molecule has 2 atom stereocenters. The lowest BCUT2D eigenvalue weighted by Gasteiger charge is -2.10. The van der Waals surface area contributed by atoms with E-state index in [4.69, 9.17) is 4.74 Å². The zero-order valence-corrected chi connectivity index (χ0v) is 8.70. The highest BCUT2D eigenvalue weighted by Gasteiger charge is 2.26. The topological polar surface area (TPSA) is 32.8 Å². The maximum atomic E-state index is 9.80. The molecule has 1 N–H and O–H groups in total. The van der Waals surface area contributed by atoms with Gasteiger partial charge in [-0.15, -0.1) is 0 Å². The van der Waals surface area contributed by atoms with Gasteiger partial charge in [0.1, 0.15) is 0 Å². The smallest absolute Gasteiger partial charge is 0.0837 e. The lowest BCUT2D eigenvalue weighted by molar-refractivity contribution is 0.153. The molecule has 0 radical (unpaired) electrons. The van der Waals surface area contributed by atoms with E-state index in [1.807, 2.05) is 24.3 Å². The Morgan fingerprint density at radius 3 is 2.85 bits per heavy atom. The van der Waals surface area contributed by atoms with Crippen molar-refractivity contribution < 1.29 is 9.84 Å². The minimum atomic E-state index is -0.414. The predicted octanol–water partition coefficient (Wildman–Crippen LogP) is 2.27. The first-order valence-electron chi connectivity index (χ1n) is 4.31. The summed E-state index contributed by atoms with van der Waals surface area (Å²) in [7, 11) is 0. The van der Waals surface area contributed by atoms with Crippen LogP contribution in [0.2, 0.25) is 0 Å². The standard InChI is InChI=1S/C10H11BrO2/c11-9-4-2-1-3-8(9)10(12)5-7-6-13-7/h1-4,7,10,12H,5-6H2. The van der Waals surface area contributed by atoms with Gasteiger partial charge in [0.15, 0.2) is 0 Å². The monoisotopic (exact) mass is 242 g/mol. The van der Waals surface area contributed by atoms with Crippen molar-refractivity contribution >= 4 is 15.9 Å². The largest absolute Gasteiger partial charge is 0.388 e. The summed E-state index contributed by atoms with van der Waals surface area (Å²) in [6.45, 7) is 0.793.